The van der Waals surface area contributed by atoms with Crippen LogP contribution in [0.4, 0.5) is 5.69 Å². The Bertz CT molecular complexity index is 1600. The summed E-state index contributed by atoms with van der Waals surface area (Å²) in [6.07, 6.45) is 3.80. The van der Waals surface area contributed by atoms with Gasteiger partial charge in [-0.25, -0.2) is 4.98 Å². The third-order valence-corrected chi connectivity index (χ3v) is 5.61. The first-order valence-corrected chi connectivity index (χ1v) is 10.4. The van der Waals surface area contributed by atoms with Crippen LogP contribution >= 0.6 is 0 Å². The summed E-state index contributed by atoms with van der Waals surface area (Å²) in [6.45, 7) is 2.49. The van der Waals surface area contributed by atoms with Gasteiger partial charge >= 0.3 is 0 Å². The first kappa shape index (κ1) is 20.2. The second kappa shape index (κ2) is 8.09. The van der Waals surface area contributed by atoms with Crippen molar-refractivity contribution in [2.45, 2.75) is 13.5 Å². The molecule has 0 spiro atoms. The summed E-state index contributed by atoms with van der Waals surface area (Å²) in [6, 6.07) is 22.7. The fourth-order valence-electron chi connectivity index (χ4n) is 4.05. The molecule has 1 N–H and O–H groups in total. The van der Waals surface area contributed by atoms with Gasteiger partial charge in [0.2, 0.25) is 0 Å². The maximum absolute atomic E-state index is 11.1. The molecule has 0 fully saturated rings. The molecule has 5 rings (SSSR count). The Labute approximate surface area is 189 Å². The number of aryl methyl sites for hydroxylation is 1. The van der Waals surface area contributed by atoms with Gasteiger partial charge in [-0.2, -0.15) is 5.26 Å². The number of non-ortho nitro benzene ring substituents is 1. The van der Waals surface area contributed by atoms with Crippen LogP contribution in [0.2, 0.25) is 0 Å². The molecule has 5 aromatic rings. The van der Waals surface area contributed by atoms with Crippen molar-refractivity contribution in [3.8, 4) is 6.07 Å². The number of nitriles is 1. The molecule has 0 amide bonds. The molecule has 0 atom stereocenters. The molecule has 0 aliphatic rings. The standard InChI is InChI=1S/C26H19N5O2/c1-17-9-10-23-24(11-17)29-26(28-23)19(14-27)13-20-16-30(25-8-3-2-7-22(20)25)15-18-5-4-6-21(12-18)31(32)33/h2-13,16H,15H2,1H3,(H,28,29)/b19-13-. The molecule has 0 aliphatic heterocycles. The summed E-state index contributed by atoms with van der Waals surface area (Å²) < 4.78 is 2.04. The molecular weight excluding hydrogens is 414 g/mol. The van der Waals surface area contributed by atoms with Crippen LogP contribution in [0.3, 0.4) is 0 Å². The van der Waals surface area contributed by atoms with Crippen molar-refractivity contribution in [1.82, 2.24) is 14.5 Å². The van der Waals surface area contributed by atoms with E-state index in [0.717, 1.165) is 38.6 Å². The van der Waals surface area contributed by atoms with E-state index in [1.54, 1.807) is 12.1 Å². The first-order valence-electron chi connectivity index (χ1n) is 10.4. The Kier molecular flexibility index (Phi) is 4.96. The molecular formula is C26H19N5O2. The van der Waals surface area contributed by atoms with E-state index in [-0.39, 0.29) is 10.6 Å². The van der Waals surface area contributed by atoms with E-state index in [1.165, 1.54) is 6.07 Å². The lowest BCUT2D eigenvalue weighted by atomic mass is 10.1. The third kappa shape index (κ3) is 3.86. The van der Waals surface area contributed by atoms with Crippen molar-refractivity contribution in [3.05, 3.63) is 106 Å². The number of hydrogen-bond donors (Lipinski definition) is 1. The van der Waals surface area contributed by atoms with Gasteiger partial charge in [0.05, 0.1) is 21.5 Å². The number of aromatic nitrogens is 3. The number of nitrogens with zero attached hydrogens (tertiary/aromatic N) is 4. The molecule has 0 radical (unpaired) electrons. The number of nitro groups is 1. The third-order valence-electron chi connectivity index (χ3n) is 5.61. The second-order valence-electron chi connectivity index (χ2n) is 7.93. The molecule has 33 heavy (non-hydrogen) atoms. The first-order chi connectivity index (χ1) is 16.0. The van der Waals surface area contributed by atoms with Gasteiger partial charge < -0.3 is 9.55 Å². The number of para-hydroxylation sites is 1. The van der Waals surface area contributed by atoms with E-state index in [2.05, 4.69) is 16.0 Å². The number of imidazole rings is 1. The van der Waals surface area contributed by atoms with Crippen LogP contribution in [0.5, 0.6) is 0 Å². The van der Waals surface area contributed by atoms with Gasteiger partial charge in [-0.15, -0.1) is 0 Å². The van der Waals surface area contributed by atoms with Crippen molar-refractivity contribution in [1.29, 1.82) is 5.26 Å². The molecule has 0 saturated carbocycles. The zero-order chi connectivity index (χ0) is 22.9. The normalized spacial score (nSPS) is 11.7. The molecule has 2 aromatic heterocycles. The fourth-order valence-corrected chi connectivity index (χ4v) is 4.05. The smallest absolute Gasteiger partial charge is 0.269 e. The van der Waals surface area contributed by atoms with Crippen LogP contribution in [-0.2, 0) is 6.54 Å². The van der Waals surface area contributed by atoms with Crippen molar-refractivity contribution in [2.24, 2.45) is 0 Å². The molecule has 2 heterocycles. The molecule has 7 nitrogen and oxygen atoms in total. The highest BCUT2D eigenvalue weighted by atomic mass is 16.6. The highest BCUT2D eigenvalue weighted by Crippen LogP contribution is 2.27. The van der Waals surface area contributed by atoms with Gasteiger partial charge in [0, 0.05) is 41.3 Å². The molecule has 0 bridgehead atoms. The molecule has 7 heteroatoms. The van der Waals surface area contributed by atoms with E-state index < -0.39 is 0 Å². The summed E-state index contributed by atoms with van der Waals surface area (Å²) in [5.74, 6) is 0.522. The molecule has 0 saturated heterocycles. The van der Waals surface area contributed by atoms with Gasteiger partial charge in [-0.1, -0.05) is 36.4 Å². The van der Waals surface area contributed by atoms with Crippen LogP contribution in [0.25, 0.3) is 33.6 Å². The molecule has 3 aromatic carbocycles. The van der Waals surface area contributed by atoms with Crippen molar-refractivity contribution in [2.75, 3.05) is 0 Å². The molecule has 160 valence electrons. The highest BCUT2D eigenvalue weighted by molar-refractivity contribution is 5.98. The van der Waals surface area contributed by atoms with E-state index >= 15 is 0 Å². The number of benzene rings is 3. The number of allylic oxidation sites excluding steroid dienone is 1. The summed E-state index contributed by atoms with van der Waals surface area (Å²) in [7, 11) is 0. The highest BCUT2D eigenvalue weighted by Gasteiger charge is 2.13. The topological polar surface area (TPSA) is 101 Å². The van der Waals surface area contributed by atoms with E-state index in [9.17, 15) is 15.4 Å². The molecule has 0 unspecified atom stereocenters. The number of H-pyrrole nitrogens is 1. The van der Waals surface area contributed by atoms with E-state index in [0.29, 0.717) is 17.9 Å². The summed E-state index contributed by atoms with van der Waals surface area (Å²) in [5.41, 5.74) is 6.00. The van der Waals surface area contributed by atoms with Crippen LogP contribution < -0.4 is 0 Å². The van der Waals surface area contributed by atoms with Gasteiger partial charge in [0.1, 0.15) is 11.9 Å². The number of hydrogen-bond acceptors (Lipinski definition) is 4. The monoisotopic (exact) mass is 433 g/mol. The Morgan fingerprint density at radius 2 is 2.03 bits per heavy atom. The second-order valence-corrected chi connectivity index (χ2v) is 7.93. The maximum atomic E-state index is 11.1. The van der Waals surface area contributed by atoms with E-state index in [1.807, 2.05) is 72.3 Å². The predicted molar refractivity (Wildman–Crippen MR) is 128 cm³/mol. The largest absolute Gasteiger partial charge is 0.342 e. The average molecular weight is 433 g/mol. The SMILES string of the molecule is Cc1ccc2nc(/C(C#N)=C\c3cn(Cc4cccc([N+](=O)[O-])c4)c4ccccc34)[nH]c2c1. The van der Waals surface area contributed by atoms with Crippen LogP contribution in [0.15, 0.2) is 72.9 Å². The fraction of sp³-hybridized carbons (Fsp3) is 0.0769. The van der Waals surface area contributed by atoms with Crippen molar-refractivity contribution in [3.63, 3.8) is 0 Å². The Morgan fingerprint density at radius 1 is 1.18 bits per heavy atom. The quantitative estimate of drug-likeness (QED) is 0.213. The Balaban J connectivity index is 1.58. The minimum atomic E-state index is -0.389. The molecule has 0 aliphatic carbocycles. The Morgan fingerprint density at radius 3 is 2.85 bits per heavy atom. The summed E-state index contributed by atoms with van der Waals surface area (Å²) in [4.78, 5) is 18.6. The van der Waals surface area contributed by atoms with Crippen LogP contribution in [0.1, 0.15) is 22.5 Å². The van der Waals surface area contributed by atoms with Crippen LogP contribution in [-0.4, -0.2) is 19.5 Å². The number of fused-ring (bicyclic) bond motifs is 2. The van der Waals surface area contributed by atoms with Crippen molar-refractivity contribution < 1.29 is 4.92 Å². The number of nitrogens with one attached hydrogen (secondary N) is 1. The van der Waals surface area contributed by atoms with Gasteiger partial charge in [0.25, 0.3) is 5.69 Å². The Hall–Kier alpha value is -4.70. The summed E-state index contributed by atoms with van der Waals surface area (Å²) in [5, 5.41) is 22.0. The number of nitro benzene ring substituents is 1. The minimum Gasteiger partial charge on any atom is -0.342 e. The minimum absolute atomic E-state index is 0.0657. The lowest BCUT2D eigenvalue weighted by Crippen LogP contribution is -1.98. The maximum Gasteiger partial charge on any atom is 0.269 e. The average Bonchev–Trinajstić information content (AvgIpc) is 3.38. The van der Waals surface area contributed by atoms with Crippen molar-refractivity contribution >= 4 is 39.3 Å². The number of rotatable bonds is 5. The van der Waals surface area contributed by atoms with Gasteiger partial charge in [-0.3, -0.25) is 10.1 Å². The van der Waals surface area contributed by atoms with Gasteiger partial charge in [-0.05, 0) is 42.3 Å². The lowest BCUT2D eigenvalue weighted by Gasteiger charge is -2.05. The summed E-state index contributed by atoms with van der Waals surface area (Å²) >= 11 is 0. The number of aromatic amines is 1. The predicted octanol–water partition coefficient (Wildman–Crippen LogP) is 5.85. The van der Waals surface area contributed by atoms with Gasteiger partial charge in [0.15, 0.2) is 0 Å². The van der Waals surface area contributed by atoms with Crippen LogP contribution in [0, 0.1) is 28.4 Å². The van der Waals surface area contributed by atoms with E-state index in [4.69, 9.17) is 0 Å². The lowest BCUT2D eigenvalue weighted by molar-refractivity contribution is -0.384. The zero-order valence-corrected chi connectivity index (χ0v) is 17.8. The zero-order valence-electron chi connectivity index (χ0n) is 17.8.